The molecule has 3 aromatic rings. The van der Waals surface area contributed by atoms with Crippen LogP contribution in [-0.4, -0.2) is 25.9 Å². The third-order valence-electron chi connectivity index (χ3n) is 3.88. The minimum Gasteiger partial charge on any atom is -0.360 e. The first-order valence-corrected chi connectivity index (χ1v) is 9.64. The largest absolute Gasteiger partial charge is 0.360 e. The highest BCUT2D eigenvalue weighted by atomic mass is 35.5. The number of carbonyl (C=O) groups is 1. The molecule has 9 heteroatoms. The molecule has 0 saturated carbocycles. The van der Waals surface area contributed by atoms with Gasteiger partial charge in [-0.1, -0.05) is 28.5 Å². The molecule has 0 fully saturated rings. The molecule has 0 aliphatic rings. The number of fused-ring (bicyclic) bond motifs is 1. The van der Waals surface area contributed by atoms with Crippen LogP contribution in [0.5, 0.6) is 0 Å². The molecule has 0 radical (unpaired) electrons. The minimum absolute atomic E-state index is 0.110. The number of aromatic nitrogens is 3. The average molecular weight is 407 g/mol. The molecule has 1 aromatic carbocycles. The maximum atomic E-state index is 12.9. The Morgan fingerprint density at radius 2 is 2.04 bits per heavy atom. The molecule has 142 valence electrons. The summed E-state index contributed by atoms with van der Waals surface area (Å²) in [5, 5.41) is 7.40. The molecule has 1 N–H and O–H groups in total. The number of halogens is 1. The number of nitrogens with zero attached hydrogens (tertiary/aromatic N) is 3. The van der Waals surface area contributed by atoms with Gasteiger partial charge in [0.15, 0.2) is 11.0 Å². The first-order chi connectivity index (χ1) is 12.8. The lowest BCUT2D eigenvalue weighted by Gasteiger charge is -2.18. The Bertz CT molecular complexity index is 1060. The van der Waals surface area contributed by atoms with E-state index in [-0.39, 0.29) is 17.5 Å². The van der Waals surface area contributed by atoms with Crippen LogP contribution < -0.4 is 10.9 Å². The number of benzene rings is 1. The van der Waals surface area contributed by atoms with Crippen LogP contribution in [0.2, 0.25) is 5.02 Å². The van der Waals surface area contributed by atoms with Crippen LogP contribution in [0.15, 0.2) is 38.7 Å². The van der Waals surface area contributed by atoms with Crippen molar-refractivity contribution in [2.45, 2.75) is 44.1 Å². The normalized spacial score (nSPS) is 12.5. The molecule has 1 amide bonds. The van der Waals surface area contributed by atoms with Crippen molar-refractivity contribution in [3.05, 3.63) is 45.4 Å². The standard InChI is InChI=1S/C18H19ClN4O3S/c1-9(2)23-17(25)13-6-5-12(19)8-14(13)20-18(23)27-11(4)16(24)21-15-7-10(3)26-22-15/h5-9,11H,1-4H3,(H,21,22,24)/t11-/m0/s1. The van der Waals surface area contributed by atoms with Crippen LogP contribution in [0.3, 0.4) is 0 Å². The Morgan fingerprint density at radius 3 is 2.67 bits per heavy atom. The third-order valence-corrected chi connectivity index (χ3v) is 5.18. The zero-order valence-corrected chi connectivity index (χ0v) is 16.9. The van der Waals surface area contributed by atoms with Gasteiger partial charge in [0, 0.05) is 17.1 Å². The number of nitrogens with one attached hydrogen (secondary N) is 1. The van der Waals surface area contributed by atoms with E-state index >= 15 is 0 Å². The Kier molecular flexibility index (Phi) is 5.57. The highest BCUT2D eigenvalue weighted by Crippen LogP contribution is 2.26. The van der Waals surface area contributed by atoms with Crippen molar-refractivity contribution in [2.75, 3.05) is 5.32 Å². The van der Waals surface area contributed by atoms with Crippen molar-refractivity contribution in [2.24, 2.45) is 0 Å². The lowest BCUT2D eigenvalue weighted by molar-refractivity contribution is -0.115. The second-order valence-electron chi connectivity index (χ2n) is 6.40. The molecular formula is C18H19ClN4O3S. The van der Waals surface area contributed by atoms with Crippen LogP contribution in [0, 0.1) is 6.92 Å². The van der Waals surface area contributed by atoms with Crippen LogP contribution >= 0.6 is 23.4 Å². The Balaban J connectivity index is 1.93. The molecule has 7 nitrogen and oxygen atoms in total. The lowest BCUT2D eigenvalue weighted by atomic mass is 10.2. The van der Waals surface area contributed by atoms with E-state index < -0.39 is 5.25 Å². The summed E-state index contributed by atoms with van der Waals surface area (Å²) in [6.07, 6.45) is 0. The summed E-state index contributed by atoms with van der Waals surface area (Å²) in [6, 6.07) is 6.51. The number of amides is 1. The van der Waals surface area contributed by atoms with Crippen molar-refractivity contribution in [3.63, 3.8) is 0 Å². The van der Waals surface area contributed by atoms with Gasteiger partial charge in [-0.2, -0.15) is 0 Å². The Labute approximate surface area is 165 Å². The van der Waals surface area contributed by atoms with Crippen LogP contribution in [-0.2, 0) is 4.79 Å². The predicted octanol–water partition coefficient (Wildman–Crippen LogP) is 4.05. The van der Waals surface area contributed by atoms with Crippen LogP contribution in [0.1, 0.15) is 32.6 Å². The summed E-state index contributed by atoms with van der Waals surface area (Å²) in [4.78, 5) is 29.9. The maximum Gasteiger partial charge on any atom is 0.262 e. The van der Waals surface area contributed by atoms with Crippen molar-refractivity contribution >= 4 is 46.0 Å². The summed E-state index contributed by atoms with van der Waals surface area (Å²) in [5.74, 6) is 0.695. The van der Waals surface area contributed by atoms with E-state index in [1.807, 2.05) is 13.8 Å². The molecule has 0 saturated heterocycles. The van der Waals surface area contributed by atoms with E-state index in [0.29, 0.717) is 32.7 Å². The Morgan fingerprint density at radius 1 is 1.30 bits per heavy atom. The quantitative estimate of drug-likeness (QED) is 0.507. The number of hydrogen-bond acceptors (Lipinski definition) is 6. The van der Waals surface area contributed by atoms with E-state index in [9.17, 15) is 9.59 Å². The van der Waals surface area contributed by atoms with Crippen molar-refractivity contribution < 1.29 is 9.32 Å². The van der Waals surface area contributed by atoms with Crippen molar-refractivity contribution in [3.8, 4) is 0 Å². The zero-order chi connectivity index (χ0) is 19.7. The summed E-state index contributed by atoms with van der Waals surface area (Å²) < 4.78 is 6.54. The van der Waals surface area contributed by atoms with Gasteiger partial charge in [0.1, 0.15) is 5.76 Å². The van der Waals surface area contributed by atoms with Gasteiger partial charge in [0.05, 0.1) is 16.2 Å². The van der Waals surface area contributed by atoms with Crippen LogP contribution in [0.25, 0.3) is 10.9 Å². The average Bonchev–Trinajstić information content (AvgIpc) is 2.99. The second kappa shape index (κ2) is 7.74. The molecule has 2 aromatic heterocycles. The van der Waals surface area contributed by atoms with Gasteiger partial charge in [0.25, 0.3) is 5.56 Å². The van der Waals surface area contributed by atoms with Gasteiger partial charge in [-0.05, 0) is 45.9 Å². The summed E-state index contributed by atoms with van der Waals surface area (Å²) in [5.41, 5.74) is 0.348. The van der Waals surface area contributed by atoms with Crippen molar-refractivity contribution in [1.82, 2.24) is 14.7 Å². The lowest BCUT2D eigenvalue weighted by Crippen LogP contribution is -2.28. The number of rotatable bonds is 5. The Hall–Kier alpha value is -2.32. The van der Waals surface area contributed by atoms with Gasteiger partial charge in [0.2, 0.25) is 5.91 Å². The fourth-order valence-corrected chi connectivity index (χ4v) is 3.76. The molecule has 1 atom stereocenters. The van der Waals surface area contributed by atoms with Gasteiger partial charge in [-0.15, -0.1) is 0 Å². The molecule has 3 rings (SSSR count). The summed E-state index contributed by atoms with van der Waals surface area (Å²) in [7, 11) is 0. The van der Waals surface area contributed by atoms with E-state index in [2.05, 4.69) is 15.5 Å². The van der Waals surface area contributed by atoms with Gasteiger partial charge < -0.3 is 9.84 Å². The van der Waals surface area contributed by atoms with Gasteiger partial charge >= 0.3 is 0 Å². The van der Waals surface area contributed by atoms with Crippen molar-refractivity contribution in [1.29, 1.82) is 0 Å². The number of thioether (sulfide) groups is 1. The number of hydrogen-bond donors (Lipinski definition) is 1. The number of carbonyl (C=O) groups excluding carboxylic acids is 1. The van der Waals surface area contributed by atoms with E-state index in [1.54, 1.807) is 42.7 Å². The molecule has 0 aliphatic heterocycles. The number of aryl methyl sites for hydroxylation is 1. The number of anilines is 1. The molecular weight excluding hydrogens is 388 g/mol. The highest BCUT2D eigenvalue weighted by molar-refractivity contribution is 8.00. The first kappa shape index (κ1) is 19.4. The molecule has 2 heterocycles. The first-order valence-electron chi connectivity index (χ1n) is 8.39. The minimum atomic E-state index is -0.504. The molecule has 0 aliphatic carbocycles. The summed E-state index contributed by atoms with van der Waals surface area (Å²) in [6.45, 7) is 7.29. The monoisotopic (exact) mass is 406 g/mol. The molecule has 0 unspecified atom stereocenters. The van der Waals surface area contributed by atoms with E-state index in [1.165, 1.54) is 11.8 Å². The SMILES string of the molecule is Cc1cc(NC(=O)[C@H](C)Sc2nc3cc(Cl)ccc3c(=O)n2C(C)C)no1. The zero-order valence-electron chi connectivity index (χ0n) is 15.3. The van der Waals surface area contributed by atoms with E-state index in [4.69, 9.17) is 16.1 Å². The maximum absolute atomic E-state index is 12.9. The second-order valence-corrected chi connectivity index (χ2v) is 8.14. The van der Waals surface area contributed by atoms with Gasteiger partial charge in [-0.25, -0.2) is 4.98 Å². The molecule has 0 spiro atoms. The smallest absolute Gasteiger partial charge is 0.262 e. The predicted molar refractivity (Wildman–Crippen MR) is 107 cm³/mol. The topological polar surface area (TPSA) is 90.0 Å². The highest BCUT2D eigenvalue weighted by Gasteiger charge is 2.21. The molecule has 27 heavy (non-hydrogen) atoms. The molecule has 0 bridgehead atoms. The summed E-state index contributed by atoms with van der Waals surface area (Å²) >= 11 is 7.24. The van der Waals surface area contributed by atoms with Crippen LogP contribution in [0.4, 0.5) is 5.82 Å². The van der Waals surface area contributed by atoms with E-state index in [0.717, 1.165) is 0 Å². The fourth-order valence-electron chi connectivity index (χ4n) is 2.56. The fraction of sp³-hybridized carbons (Fsp3) is 0.333. The van der Waals surface area contributed by atoms with Gasteiger partial charge in [-0.3, -0.25) is 14.2 Å². The third kappa shape index (κ3) is 4.17.